The van der Waals surface area contributed by atoms with Crippen LogP contribution in [0.4, 0.5) is 15.9 Å². The lowest BCUT2D eigenvalue weighted by Gasteiger charge is -2.25. The quantitative estimate of drug-likeness (QED) is 0.603. The normalized spacial score (nSPS) is 15.8. The van der Waals surface area contributed by atoms with E-state index in [0.717, 1.165) is 22.4 Å². The Morgan fingerprint density at radius 3 is 2.81 bits per heavy atom. The number of nitrogens with one attached hydrogen (secondary N) is 1. The first-order valence-electron chi connectivity index (χ1n) is 9.76. The van der Waals surface area contributed by atoms with Crippen LogP contribution in [0.2, 0.25) is 0 Å². The van der Waals surface area contributed by atoms with E-state index in [0.29, 0.717) is 23.4 Å². The zero-order chi connectivity index (χ0) is 22.1. The van der Waals surface area contributed by atoms with Crippen molar-refractivity contribution in [3.05, 3.63) is 71.2 Å². The highest BCUT2D eigenvalue weighted by molar-refractivity contribution is 5.96. The number of carbonyl (C=O) groups excluding carboxylic acids is 1. The lowest BCUT2D eigenvalue weighted by molar-refractivity contribution is 0.0780. The second kappa shape index (κ2) is 8.23. The number of benzene rings is 2. The number of hydrogen-bond acceptors (Lipinski definition) is 6. The molecule has 7 nitrogen and oxygen atoms in total. The molecule has 1 aliphatic rings. The van der Waals surface area contributed by atoms with Gasteiger partial charge in [-0.2, -0.15) is 0 Å². The maximum absolute atomic E-state index is 14.0. The number of nitrogen functional groups attached to an aromatic ring is 1. The standard InChI is InChI=1S/C23H23FN4O3/c1-13-19-9-16(24)5-7-18(19)23(29)28(2)12-14-4-6-17(27-30-3)10-20(14)15-8-21(31-13)22(25)26-11-15/h4-11,13,27H,12H2,1-3H3,(H2,25,26). The minimum Gasteiger partial charge on any atom is -0.482 e. The average Bonchev–Trinajstić information content (AvgIpc) is 2.75. The second-order valence-corrected chi connectivity index (χ2v) is 7.44. The van der Waals surface area contributed by atoms with Gasteiger partial charge in [0, 0.05) is 36.5 Å². The fourth-order valence-electron chi connectivity index (χ4n) is 3.71. The molecule has 1 aromatic heterocycles. The highest BCUT2D eigenvalue weighted by Gasteiger charge is 2.24. The molecule has 0 radical (unpaired) electrons. The van der Waals surface area contributed by atoms with Gasteiger partial charge in [0.25, 0.3) is 5.91 Å². The lowest BCUT2D eigenvalue weighted by atomic mass is 9.98. The van der Waals surface area contributed by atoms with Crippen molar-refractivity contribution in [1.82, 2.24) is 9.88 Å². The number of carbonyl (C=O) groups is 1. The number of amides is 1. The second-order valence-electron chi connectivity index (χ2n) is 7.44. The summed E-state index contributed by atoms with van der Waals surface area (Å²) in [7, 11) is 3.24. The molecule has 0 spiro atoms. The smallest absolute Gasteiger partial charge is 0.254 e. The molecular weight excluding hydrogens is 399 g/mol. The van der Waals surface area contributed by atoms with E-state index >= 15 is 0 Å². The summed E-state index contributed by atoms with van der Waals surface area (Å²) in [4.78, 5) is 24.2. The van der Waals surface area contributed by atoms with Crippen LogP contribution in [0.5, 0.6) is 5.75 Å². The summed E-state index contributed by atoms with van der Waals surface area (Å²) in [6.45, 7) is 2.09. The number of halogens is 1. The Hall–Kier alpha value is -3.65. The van der Waals surface area contributed by atoms with Gasteiger partial charge < -0.3 is 15.4 Å². The summed E-state index contributed by atoms with van der Waals surface area (Å²) in [5.74, 6) is -0.106. The third-order valence-corrected chi connectivity index (χ3v) is 5.26. The van der Waals surface area contributed by atoms with Gasteiger partial charge in [0.1, 0.15) is 11.9 Å². The summed E-state index contributed by atoms with van der Waals surface area (Å²) in [6.07, 6.45) is 1.03. The fourth-order valence-corrected chi connectivity index (χ4v) is 3.71. The number of anilines is 2. The SMILES string of the molecule is CONc1ccc2c(c1)-c1cnc(N)c(c1)OC(C)c1cc(F)ccc1C(=O)N(C)C2. The molecule has 3 N–H and O–H groups in total. The fraction of sp³-hybridized carbons (Fsp3) is 0.217. The van der Waals surface area contributed by atoms with Gasteiger partial charge in [-0.25, -0.2) is 9.37 Å². The Bertz CT molecular complexity index is 1150. The third kappa shape index (κ3) is 4.02. The first kappa shape index (κ1) is 20.6. The van der Waals surface area contributed by atoms with Gasteiger partial charge in [-0.05, 0) is 54.4 Å². The van der Waals surface area contributed by atoms with Gasteiger partial charge in [-0.1, -0.05) is 6.07 Å². The number of ether oxygens (including phenoxy) is 1. The number of rotatable bonds is 2. The number of fused-ring (bicyclic) bond motifs is 5. The van der Waals surface area contributed by atoms with Crippen LogP contribution >= 0.6 is 0 Å². The molecule has 0 fully saturated rings. The van der Waals surface area contributed by atoms with Crippen molar-refractivity contribution in [3.8, 4) is 16.9 Å². The van der Waals surface area contributed by atoms with Crippen LogP contribution in [-0.2, 0) is 11.4 Å². The Labute approximate surface area is 179 Å². The summed E-state index contributed by atoms with van der Waals surface area (Å²) < 4.78 is 20.1. The molecule has 2 aromatic carbocycles. The molecule has 2 bridgehead atoms. The van der Waals surface area contributed by atoms with Crippen molar-refractivity contribution in [3.63, 3.8) is 0 Å². The van der Waals surface area contributed by atoms with Gasteiger partial charge in [0.2, 0.25) is 0 Å². The van der Waals surface area contributed by atoms with Crippen LogP contribution in [0.25, 0.3) is 11.1 Å². The zero-order valence-corrected chi connectivity index (χ0v) is 17.5. The van der Waals surface area contributed by atoms with Crippen molar-refractivity contribution >= 4 is 17.4 Å². The number of nitrogens with two attached hydrogens (primary N) is 1. The van der Waals surface area contributed by atoms with Gasteiger partial charge in [-0.15, -0.1) is 0 Å². The highest BCUT2D eigenvalue weighted by Crippen LogP contribution is 2.35. The largest absolute Gasteiger partial charge is 0.482 e. The van der Waals surface area contributed by atoms with Gasteiger partial charge in [0.05, 0.1) is 12.8 Å². The molecule has 160 valence electrons. The van der Waals surface area contributed by atoms with E-state index in [-0.39, 0.29) is 11.7 Å². The molecule has 0 saturated carbocycles. The van der Waals surface area contributed by atoms with Gasteiger partial charge >= 0.3 is 0 Å². The summed E-state index contributed by atoms with van der Waals surface area (Å²) in [6, 6.07) is 11.6. The number of aromatic nitrogens is 1. The number of nitrogens with zero attached hydrogens (tertiary/aromatic N) is 2. The summed E-state index contributed by atoms with van der Waals surface area (Å²) in [5, 5.41) is 0. The Kier molecular flexibility index (Phi) is 5.48. The van der Waals surface area contributed by atoms with Crippen molar-refractivity contribution in [2.75, 3.05) is 25.4 Å². The third-order valence-electron chi connectivity index (χ3n) is 5.26. The zero-order valence-electron chi connectivity index (χ0n) is 17.5. The Balaban J connectivity index is 1.92. The molecule has 1 unspecified atom stereocenters. The van der Waals surface area contributed by atoms with Crippen LogP contribution in [0.1, 0.15) is 34.5 Å². The van der Waals surface area contributed by atoms with E-state index in [2.05, 4.69) is 10.5 Å². The van der Waals surface area contributed by atoms with Crippen LogP contribution < -0.4 is 16.0 Å². The van der Waals surface area contributed by atoms with E-state index in [9.17, 15) is 9.18 Å². The molecule has 1 atom stereocenters. The van der Waals surface area contributed by atoms with Crippen molar-refractivity contribution in [2.24, 2.45) is 0 Å². The molecule has 31 heavy (non-hydrogen) atoms. The first-order valence-corrected chi connectivity index (χ1v) is 9.76. The first-order chi connectivity index (χ1) is 14.9. The van der Waals surface area contributed by atoms with Crippen LogP contribution in [0, 0.1) is 5.82 Å². The molecule has 8 heteroatoms. The predicted molar refractivity (Wildman–Crippen MR) is 116 cm³/mol. The van der Waals surface area contributed by atoms with Crippen LogP contribution in [0.15, 0.2) is 48.7 Å². The molecule has 0 saturated heterocycles. The van der Waals surface area contributed by atoms with Crippen molar-refractivity contribution in [1.29, 1.82) is 0 Å². The Morgan fingerprint density at radius 1 is 1.23 bits per heavy atom. The molecule has 3 aromatic rings. The average molecular weight is 422 g/mol. The molecule has 2 heterocycles. The molecule has 1 aliphatic heterocycles. The molecule has 0 aliphatic carbocycles. The van der Waals surface area contributed by atoms with Crippen LogP contribution in [0.3, 0.4) is 0 Å². The number of hydrogen-bond donors (Lipinski definition) is 2. The van der Waals surface area contributed by atoms with Crippen molar-refractivity contribution in [2.45, 2.75) is 19.6 Å². The maximum atomic E-state index is 14.0. The lowest BCUT2D eigenvalue weighted by Crippen LogP contribution is -2.28. The summed E-state index contributed by atoms with van der Waals surface area (Å²) in [5.41, 5.74) is 13.0. The van der Waals surface area contributed by atoms with Gasteiger partial charge in [-0.3, -0.25) is 15.1 Å². The Morgan fingerprint density at radius 2 is 2.03 bits per heavy atom. The van der Waals surface area contributed by atoms with E-state index in [1.165, 1.54) is 25.3 Å². The topological polar surface area (TPSA) is 89.7 Å². The van der Waals surface area contributed by atoms with Crippen LogP contribution in [-0.4, -0.2) is 29.9 Å². The van der Waals surface area contributed by atoms with E-state index < -0.39 is 11.9 Å². The van der Waals surface area contributed by atoms with E-state index in [1.807, 2.05) is 18.2 Å². The minimum absolute atomic E-state index is 0.210. The molecule has 1 amide bonds. The monoisotopic (exact) mass is 422 g/mol. The molecular formula is C23H23FN4O3. The molecule has 4 rings (SSSR count). The maximum Gasteiger partial charge on any atom is 0.254 e. The van der Waals surface area contributed by atoms with E-state index in [1.54, 1.807) is 31.1 Å². The van der Waals surface area contributed by atoms with Crippen molar-refractivity contribution < 1.29 is 18.8 Å². The number of pyridine rings is 1. The minimum atomic E-state index is -0.622. The van der Waals surface area contributed by atoms with E-state index in [4.69, 9.17) is 15.3 Å². The van der Waals surface area contributed by atoms with Gasteiger partial charge in [0.15, 0.2) is 11.6 Å². The predicted octanol–water partition coefficient (Wildman–Crippen LogP) is 4.17. The highest BCUT2D eigenvalue weighted by atomic mass is 19.1. The summed E-state index contributed by atoms with van der Waals surface area (Å²) >= 11 is 0.